The molecule has 3 aromatic rings. The molecule has 3 rings (SSSR count). The van der Waals surface area contributed by atoms with Crippen molar-refractivity contribution in [2.75, 3.05) is 5.32 Å². The molecule has 0 radical (unpaired) electrons. The number of rotatable bonds is 5. The van der Waals surface area contributed by atoms with E-state index in [1.165, 1.54) is 41.1 Å². The lowest BCUT2D eigenvalue weighted by Gasteiger charge is -2.10. The van der Waals surface area contributed by atoms with E-state index in [9.17, 15) is 24.1 Å². The number of aromatic nitrogens is 1. The first kappa shape index (κ1) is 19.0. The van der Waals surface area contributed by atoms with Gasteiger partial charge in [-0.25, -0.2) is 4.39 Å². The molecule has 7 nitrogen and oxygen atoms in total. The first-order valence-corrected chi connectivity index (χ1v) is 8.35. The van der Waals surface area contributed by atoms with Gasteiger partial charge in [-0.3, -0.25) is 19.7 Å². The molecular weight excluding hydrogens is 365 g/mol. The molecule has 0 aliphatic heterocycles. The Morgan fingerprint density at radius 2 is 1.86 bits per heavy atom. The van der Waals surface area contributed by atoms with Crippen molar-refractivity contribution in [1.82, 2.24) is 4.57 Å². The van der Waals surface area contributed by atoms with Crippen molar-refractivity contribution in [2.24, 2.45) is 0 Å². The van der Waals surface area contributed by atoms with Crippen molar-refractivity contribution >= 4 is 17.3 Å². The minimum atomic E-state index is -0.505. The van der Waals surface area contributed by atoms with Crippen molar-refractivity contribution in [3.8, 4) is 0 Å². The van der Waals surface area contributed by atoms with Gasteiger partial charge in [-0.1, -0.05) is 18.2 Å². The SMILES string of the molecule is Cc1ccc(NC(=O)c2ccc(=O)n(Cc3ccc([N+](=O)[O-])cc3)c2)cc1F. The van der Waals surface area contributed by atoms with Crippen LogP contribution in [0.1, 0.15) is 21.5 Å². The van der Waals surface area contributed by atoms with Gasteiger partial charge in [0.05, 0.1) is 17.0 Å². The zero-order valence-corrected chi connectivity index (χ0v) is 14.9. The second kappa shape index (κ2) is 7.83. The van der Waals surface area contributed by atoms with Crippen molar-refractivity contribution in [2.45, 2.75) is 13.5 Å². The van der Waals surface area contributed by atoms with Crippen LogP contribution >= 0.6 is 0 Å². The van der Waals surface area contributed by atoms with E-state index in [1.807, 2.05) is 0 Å². The van der Waals surface area contributed by atoms with Crippen LogP contribution in [-0.4, -0.2) is 15.4 Å². The summed E-state index contributed by atoms with van der Waals surface area (Å²) in [7, 11) is 0. The molecule has 142 valence electrons. The van der Waals surface area contributed by atoms with Crippen LogP contribution in [-0.2, 0) is 6.54 Å². The summed E-state index contributed by atoms with van der Waals surface area (Å²) in [4.78, 5) is 34.7. The number of aryl methyl sites for hydroxylation is 1. The summed E-state index contributed by atoms with van der Waals surface area (Å²) in [6.07, 6.45) is 1.39. The van der Waals surface area contributed by atoms with E-state index in [1.54, 1.807) is 31.2 Å². The smallest absolute Gasteiger partial charge is 0.269 e. The number of benzene rings is 2. The molecule has 0 fully saturated rings. The average molecular weight is 381 g/mol. The molecule has 0 aliphatic rings. The molecular formula is C20H16FN3O4. The van der Waals surface area contributed by atoms with Crippen molar-refractivity contribution < 1.29 is 14.1 Å². The number of nitro groups is 1. The quantitative estimate of drug-likeness (QED) is 0.541. The Kier molecular flexibility index (Phi) is 5.30. The zero-order chi connectivity index (χ0) is 20.3. The van der Waals surface area contributed by atoms with Gasteiger partial charge in [0.25, 0.3) is 17.2 Å². The van der Waals surface area contributed by atoms with Gasteiger partial charge in [-0.15, -0.1) is 0 Å². The molecule has 0 spiro atoms. The van der Waals surface area contributed by atoms with Crippen LogP contribution in [0.4, 0.5) is 15.8 Å². The van der Waals surface area contributed by atoms with Gasteiger partial charge in [0.1, 0.15) is 5.82 Å². The lowest BCUT2D eigenvalue weighted by atomic mass is 10.2. The van der Waals surface area contributed by atoms with Crippen LogP contribution in [0.5, 0.6) is 0 Å². The highest BCUT2D eigenvalue weighted by Gasteiger charge is 2.10. The first-order chi connectivity index (χ1) is 13.3. The summed E-state index contributed by atoms with van der Waals surface area (Å²) in [6, 6.07) is 12.8. The molecule has 0 saturated heterocycles. The molecule has 0 atom stereocenters. The van der Waals surface area contributed by atoms with Gasteiger partial charge >= 0.3 is 0 Å². The van der Waals surface area contributed by atoms with E-state index in [-0.39, 0.29) is 23.4 Å². The Bertz CT molecular complexity index is 1110. The van der Waals surface area contributed by atoms with Crippen LogP contribution in [0.25, 0.3) is 0 Å². The molecule has 1 heterocycles. The fourth-order valence-electron chi connectivity index (χ4n) is 2.58. The number of nitro benzene ring substituents is 1. The molecule has 1 N–H and O–H groups in total. The van der Waals surface area contributed by atoms with Crippen molar-refractivity contribution in [3.05, 3.63) is 104 Å². The molecule has 0 saturated carbocycles. The Morgan fingerprint density at radius 3 is 2.50 bits per heavy atom. The second-order valence-corrected chi connectivity index (χ2v) is 6.23. The maximum absolute atomic E-state index is 13.6. The number of nitrogens with one attached hydrogen (secondary N) is 1. The maximum Gasteiger partial charge on any atom is 0.269 e. The predicted octanol–water partition coefficient (Wildman–Crippen LogP) is 3.50. The molecule has 0 unspecified atom stereocenters. The third-order valence-electron chi connectivity index (χ3n) is 4.18. The molecule has 1 amide bonds. The van der Waals surface area contributed by atoms with Crippen LogP contribution in [0.2, 0.25) is 0 Å². The van der Waals surface area contributed by atoms with E-state index < -0.39 is 16.6 Å². The average Bonchev–Trinajstić information content (AvgIpc) is 2.67. The zero-order valence-electron chi connectivity index (χ0n) is 14.9. The second-order valence-electron chi connectivity index (χ2n) is 6.23. The molecule has 1 aromatic heterocycles. The van der Waals surface area contributed by atoms with Crippen molar-refractivity contribution in [1.29, 1.82) is 0 Å². The fourth-order valence-corrected chi connectivity index (χ4v) is 2.58. The van der Waals surface area contributed by atoms with Crippen LogP contribution < -0.4 is 10.9 Å². The monoisotopic (exact) mass is 381 g/mol. The van der Waals surface area contributed by atoms with E-state index in [0.29, 0.717) is 16.8 Å². The van der Waals surface area contributed by atoms with Crippen LogP contribution in [0.15, 0.2) is 65.6 Å². The van der Waals surface area contributed by atoms with Gasteiger partial charge in [0.2, 0.25) is 0 Å². The number of carbonyl (C=O) groups excluding carboxylic acids is 1. The van der Waals surface area contributed by atoms with E-state index in [0.717, 1.165) is 0 Å². The third-order valence-corrected chi connectivity index (χ3v) is 4.18. The molecule has 28 heavy (non-hydrogen) atoms. The topological polar surface area (TPSA) is 94.2 Å². The summed E-state index contributed by atoms with van der Waals surface area (Å²) >= 11 is 0. The molecule has 8 heteroatoms. The van der Waals surface area contributed by atoms with Gasteiger partial charge < -0.3 is 9.88 Å². The lowest BCUT2D eigenvalue weighted by molar-refractivity contribution is -0.384. The Labute approximate surface area is 159 Å². The molecule has 2 aromatic carbocycles. The normalized spacial score (nSPS) is 10.5. The summed E-state index contributed by atoms with van der Waals surface area (Å²) in [5.41, 5.74) is 1.30. The van der Waals surface area contributed by atoms with Gasteiger partial charge in [0.15, 0.2) is 0 Å². The minimum absolute atomic E-state index is 0.0467. The number of hydrogen-bond donors (Lipinski definition) is 1. The summed E-state index contributed by atoms with van der Waals surface area (Å²) in [6.45, 7) is 1.77. The summed E-state index contributed by atoms with van der Waals surface area (Å²) in [5.74, 6) is -0.915. The number of hydrogen-bond acceptors (Lipinski definition) is 4. The van der Waals surface area contributed by atoms with Gasteiger partial charge in [0, 0.05) is 30.1 Å². The fraction of sp³-hybridized carbons (Fsp3) is 0.100. The summed E-state index contributed by atoms with van der Waals surface area (Å²) in [5, 5.41) is 13.3. The Morgan fingerprint density at radius 1 is 1.14 bits per heavy atom. The molecule has 0 bridgehead atoms. The maximum atomic E-state index is 13.6. The Hall–Kier alpha value is -3.81. The van der Waals surface area contributed by atoms with Crippen LogP contribution in [0.3, 0.4) is 0 Å². The number of non-ortho nitro benzene ring substituents is 1. The highest BCUT2D eigenvalue weighted by molar-refractivity contribution is 6.04. The predicted molar refractivity (Wildman–Crippen MR) is 102 cm³/mol. The standard InChI is InChI=1S/C20H16FN3O4/c1-13-2-6-16(10-18(13)21)22-20(26)15-5-9-19(25)23(12-15)11-14-3-7-17(8-4-14)24(27)28/h2-10,12H,11H2,1H3,(H,22,26). The number of carbonyl (C=O) groups is 1. The van der Waals surface area contributed by atoms with Gasteiger partial charge in [-0.2, -0.15) is 0 Å². The van der Waals surface area contributed by atoms with E-state index >= 15 is 0 Å². The largest absolute Gasteiger partial charge is 0.322 e. The highest BCUT2D eigenvalue weighted by Crippen LogP contribution is 2.15. The summed E-state index contributed by atoms with van der Waals surface area (Å²) < 4.78 is 15.0. The Balaban J connectivity index is 1.80. The minimum Gasteiger partial charge on any atom is -0.322 e. The number of amides is 1. The van der Waals surface area contributed by atoms with Crippen molar-refractivity contribution in [3.63, 3.8) is 0 Å². The first-order valence-electron chi connectivity index (χ1n) is 8.35. The van der Waals surface area contributed by atoms with Crippen LogP contribution in [0, 0.1) is 22.9 Å². The lowest BCUT2D eigenvalue weighted by Crippen LogP contribution is -2.22. The van der Waals surface area contributed by atoms with E-state index in [2.05, 4.69) is 5.32 Å². The molecule has 0 aliphatic carbocycles. The van der Waals surface area contributed by atoms with Gasteiger partial charge in [-0.05, 0) is 36.2 Å². The third kappa shape index (κ3) is 4.29. The van der Waals surface area contributed by atoms with E-state index in [4.69, 9.17) is 0 Å². The number of pyridine rings is 1. The number of nitrogens with zero attached hydrogens (tertiary/aromatic N) is 2. The number of anilines is 1. The number of halogens is 1. The highest BCUT2D eigenvalue weighted by atomic mass is 19.1.